The average Bonchev–Trinajstić information content (AvgIpc) is 3.44. The number of nitrogens with zero attached hydrogens (tertiary/aromatic N) is 4. The highest BCUT2D eigenvalue weighted by Gasteiger charge is 2.29. The van der Waals surface area contributed by atoms with Gasteiger partial charge in [0.25, 0.3) is 5.91 Å². The molecule has 0 aliphatic heterocycles. The number of carbonyl (C=O) groups excluding carboxylic acids is 1. The molecule has 7 heteroatoms. The van der Waals surface area contributed by atoms with E-state index in [1.54, 1.807) is 0 Å². The van der Waals surface area contributed by atoms with Gasteiger partial charge in [0, 0.05) is 30.1 Å². The van der Waals surface area contributed by atoms with E-state index >= 15 is 0 Å². The van der Waals surface area contributed by atoms with Gasteiger partial charge in [0.2, 0.25) is 5.89 Å². The molecule has 7 nitrogen and oxygen atoms in total. The van der Waals surface area contributed by atoms with E-state index in [2.05, 4.69) is 58.1 Å². The van der Waals surface area contributed by atoms with Crippen molar-refractivity contribution in [2.24, 2.45) is 0 Å². The minimum atomic E-state index is -0.133. The molecular formula is C25H27N5O2. The van der Waals surface area contributed by atoms with Crippen LogP contribution in [-0.4, -0.2) is 32.1 Å². The molecule has 1 aliphatic rings. The van der Waals surface area contributed by atoms with Crippen LogP contribution in [0.1, 0.15) is 72.0 Å². The summed E-state index contributed by atoms with van der Waals surface area (Å²) in [6.45, 7) is 6.81. The number of benzene rings is 2. The lowest BCUT2D eigenvalue weighted by molar-refractivity contribution is 0.0954. The van der Waals surface area contributed by atoms with E-state index in [4.69, 9.17) is 9.51 Å². The first-order valence-corrected chi connectivity index (χ1v) is 11.2. The SMILES string of the molecule is Cc1nc2cc(C(=O)NCCc3noc(C4CC4)n3)ccc2n1-c1ccc(C(C)C)cc1. The predicted molar refractivity (Wildman–Crippen MR) is 122 cm³/mol. The van der Waals surface area contributed by atoms with Gasteiger partial charge in [0.05, 0.1) is 11.0 Å². The third-order valence-corrected chi connectivity index (χ3v) is 5.95. The smallest absolute Gasteiger partial charge is 0.251 e. The fraction of sp³-hybridized carbons (Fsp3) is 0.360. The number of imidazole rings is 1. The predicted octanol–water partition coefficient (Wildman–Crippen LogP) is 4.69. The summed E-state index contributed by atoms with van der Waals surface area (Å²) in [6.07, 6.45) is 2.79. The Morgan fingerprint density at radius 1 is 1.16 bits per heavy atom. The molecule has 1 N–H and O–H groups in total. The average molecular weight is 430 g/mol. The molecule has 0 saturated heterocycles. The topological polar surface area (TPSA) is 85.8 Å². The Bertz CT molecular complexity index is 1270. The number of aryl methyl sites for hydroxylation is 1. The Hall–Kier alpha value is -3.48. The fourth-order valence-corrected chi connectivity index (χ4v) is 3.93. The molecule has 1 fully saturated rings. The Labute approximate surface area is 186 Å². The number of carbonyl (C=O) groups is 1. The van der Waals surface area contributed by atoms with Gasteiger partial charge < -0.3 is 9.84 Å². The first-order valence-electron chi connectivity index (χ1n) is 11.2. The zero-order valence-electron chi connectivity index (χ0n) is 18.6. The summed E-state index contributed by atoms with van der Waals surface area (Å²) in [7, 11) is 0. The molecule has 0 bridgehead atoms. The minimum absolute atomic E-state index is 0.133. The molecule has 32 heavy (non-hydrogen) atoms. The first kappa shape index (κ1) is 20.4. The molecule has 164 valence electrons. The minimum Gasteiger partial charge on any atom is -0.352 e. The maximum absolute atomic E-state index is 12.7. The summed E-state index contributed by atoms with van der Waals surface area (Å²) in [5.41, 5.74) is 4.74. The molecule has 0 atom stereocenters. The number of aromatic nitrogens is 4. The largest absolute Gasteiger partial charge is 0.352 e. The lowest BCUT2D eigenvalue weighted by Gasteiger charge is -2.10. The zero-order chi connectivity index (χ0) is 22.2. The van der Waals surface area contributed by atoms with Crippen molar-refractivity contribution in [1.82, 2.24) is 25.0 Å². The number of amides is 1. The van der Waals surface area contributed by atoms with E-state index in [9.17, 15) is 4.79 Å². The summed E-state index contributed by atoms with van der Waals surface area (Å²) in [6, 6.07) is 14.2. The maximum Gasteiger partial charge on any atom is 0.251 e. The van der Waals surface area contributed by atoms with Crippen LogP contribution in [-0.2, 0) is 6.42 Å². The van der Waals surface area contributed by atoms with Gasteiger partial charge >= 0.3 is 0 Å². The summed E-state index contributed by atoms with van der Waals surface area (Å²) < 4.78 is 7.38. The van der Waals surface area contributed by atoms with E-state index in [0.29, 0.717) is 36.2 Å². The second-order valence-electron chi connectivity index (χ2n) is 8.77. The van der Waals surface area contributed by atoms with E-state index in [1.165, 1.54) is 5.56 Å². The van der Waals surface area contributed by atoms with Crippen molar-refractivity contribution in [1.29, 1.82) is 0 Å². The highest BCUT2D eigenvalue weighted by atomic mass is 16.5. The van der Waals surface area contributed by atoms with Crippen molar-refractivity contribution in [2.45, 2.75) is 51.9 Å². The van der Waals surface area contributed by atoms with Gasteiger partial charge in [0.1, 0.15) is 5.82 Å². The lowest BCUT2D eigenvalue weighted by atomic mass is 10.0. The normalized spacial score (nSPS) is 13.8. The number of nitrogens with one attached hydrogen (secondary N) is 1. The van der Waals surface area contributed by atoms with Gasteiger partial charge in [0.15, 0.2) is 5.82 Å². The maximum atomic E-state index is 12.7. The van der Waals surface area contributed by atoms with Crippen molar-refractivity contribution in [3.05, 3.63) is 71.1 Å². The van der Waals surface area contributed by atoms with Crippen LogP contribution in [0.5, 0.6) is 0 Å². The van der Waals surface area contributed by atoms with Crippen molar-refractivity contribution in [3.63, 3.8) is 0 Å². The van der Waals surface area contributed by atoms with Crippen molar-refractivity contribution >= 4 is 16.9 Å². The summed E-state index contributed by atoms with van der Waals surface area (Å²) in [5, 5.41) is 6.93. The van der Waals surface area contributed by atoms with Gasteiger partial charge in [-0.2, -0.15) is 4.98 Å². The Kier molecular flexibility index (Phi) is 5.25. The standard InChI is InChI=1S/C25H27N5O2/c1-15(2)17-6-9-20(10-7-17)30-16(3)27-21-14-19(8-11-22(21)30)24(31)26-13-12-23-28-25(32-29-23)18-4-5-18/h6-11,14-15,18H,4-5,12-13H2,1-3H3,(H,26,31). The highest BCUT2D eigenvalue weighted by molar-refractivity contribution is 5.97. The molecule has 1 aliphatic carbocycles. The van der Waals surface area contributed by atoms with Crippen LogP contribution in [0.15, 0.2) is 47.0 Å². The fourth-order valence-electron chi connectivity index (χ4n) is 3.93. The van der Waals surface area contributed by atoms with Crippen LogP contribution in [0, 0.1) is 6.92 Å². The van der Waals surface area contributed by atoms with Crippen LogP contribution >= 0.6 is 0 Å². The Balaban J connectivity index is 1.29. The van der Waals surface area contributed by atoms with Gasteiger partial charge in [-0.05, 0) is 61.6 Å². The summed E-state index contributed by atoms with van der Waals surface area (Å²) in [5.74, 6) is 3.05. The first-order chi connectivity index (χ1) is 15.5. The van der Waals surface area contributed by atoms with Crippen molar-refractivity contribution < 1.29 is 9.32 Å². The molecular weight excluding hydrogens is 402 g/mol. The molecule has 0 spiro atoms. The monoisotopic (exact) mass is 429 g/mol. The number of hydrogen-bond donors (Lipinski definition) is 1. The summed E-state index contributed by atoms with van der Waals surface area (Å²) >= 11 is 0. The molecule has 1 amide bonds. The molecule has 2 heterocycles. The van der Waals surface area contributed by atoms with Gasteiger partial charge in [-0.3, -0.25) is 9.36 Å². The van der Waals surface area contributed by atoms with E-state index < -0.39 is 0 Å². The van der Waals surface area contributed by atoms with Gasteiger partial charge in [-0.1, -0.05) is 31.1 Å². The molecule has 2 aromatic heterocycles. The molecule has 0 radical (unpaired) electrons. The molecule has 5 rings (SSSR count). The molecule has 1 saturated carbocycles. The van der Waals surface area contributed by atoms with Crippen molar-refractivity contribution in [2.75, 3.05) is 6.54 Å². The van der Waals surface area contributed by atoms with E-state index in [1.807, 2.05) is 25.1 Å². The zero-order valence-corrected chi connectivity index (χ0v) is 18.6. The number of fused-ring (bicyclic) bond motifs is 1. The summed E-state index contributed by atoms with van der Waals surface area (Å²) in [4.78, 5) is 21.7. The van der Waals surface area contributed by atoms with Crippen LogP contribution in [0.25, 0.3) is 16.7 Å². The second kappa shape index (κ2) is 8.22. The van der Waals surface area contributed by atoms with Gasteiger partial charge in [-0.25, -0.2) is 4.98 Å². The van der Waals surface area contributed by atoms with Gasteiger partial charge in [-0.15, -0.1) is 0 Å². The number of hydrogen-bond acceptors (Lipinski definition) is 5. The van der Waals surface area contributed by atoms with Crippen molar-refractivity contribution in [3.8, 4) is 5.69 Å². The van der Waals surface area contributed by atoms with Crippen LogP contribution in [0.2, 0.25) is 0 Å². The second-order valence-corrected chi connectivity index (χ2v) is 8.77. The lowest BCUT2D eigenvalue weighted by Crippen LogP contribution is -2.25. The molecule has 0 unspecified atom stereocenters. The van der Waals surface area contributed by atoms with E-state index in [-0.39, 0.29) is 5.91 Å². The van der Waals surface area contributed by atoms with E-state index in [0.717, 1.165) is 41.3 Å². The van der Waals surface area contributed by atoms with Crippen LogP contribution < -0.4 is 5.32 Å². The van der Waals surface area contributed by atoms with Crippen LogP contribution in [0.4, 0.5) is 0 Å². The molecule has 4 aromatic rings. The Morgan fingerprint density at radius 3 is 2.66 bits per heavy atom. The third-order valence-electron chi connectivity index (χ3n) is 5.95. The quantitative estimate of drug-likeness (QED) is 0.461. The van der Waals surface area contributed by atoms with Crippen LogP contribution in [0.3, 0.4) is 0 Å². The molecule has 2 aromatic carbocycles. The Morgan fingerprint density at radius 2 is 1.94 bits per heavy atom. The highest BCUT2D eigenvalue weighted by Crippen LogP contribution is 2.38. The number of rotatable bonds is 7. The third kappa shape index (κ3) is 4.02.